The van der Waals surface area contributed by atoms with Gasteiger partial charge in [-0.05, 0) is 25.0 Å². The van der Waals surface area contributed by atoms with E-state index in [0.717, 1.165) is 18.1 Å². The molecule has 0 heterocycles. The van der Waals surface area contributed by atoms with Gasteiger partial charge in [-0.15, -0.1) is 24.8 Å². The number of nitrogens with two attached hydrogens (primary N) is 2. The van der Waals surface area contributed by atoms with Gasteiger partial charge in [0.25, 0.3) is 5.97 Å². The van der Waals surface area contributed by atoms with Crippen LogP contribution < -0.4 is 11.5 Å². The van der Waals surface area contributed by atoms with Crippen molar-refractivity contribution in [2.24, 2.45) is 11.5 Å². The highest BCUT2D eigenvalue weighted by Gasteiger charge is 2.18. The molecular formula is C26H40Cl2N2O8. The first kappa shape index (κ1) is 42.1. The van der Waals surface area contributed by atoms with Crippen LogP contribution in [0.4, 0.5) is 0 Å². The molecule has 0 fully saturated rings. The lowest BCUT2D eigenvalue weighted by atomic mass is 10.0. The molecule has 6 N–H and O–H groups in total. The summed E-state index contributed by atoms with van der Waals surface area (Å²) in [5.74, 6) is -2.27. The number of ether oxygens (including phenoxy) is 2. The smallest absolute Gasteiger partial charge is 0.310 e. The van der Waals surface area contributed by atoms with E-state index < -0.39 is 24.0 Å². The summed E-state index contributed by atoms with van der Waals surface area (Å²) in [7, 11) is 0. The van der Waals surface area contributed by atoms with Crippen molar-refractivity contribution in [3.8, 4) is 0 Å². The Morgan fingerprint density at radius 2 is 1.03 bits per heavy atom. The van der Waals surface area contributed by atoms with Gasteiger partial charge in [0.05, 0.1) is 6.10 Å². The Bertz CT molecular complexity index is 898. The Morgan fingerprint density at radius 3 is 1.26 bits per heavy atom. The molecule has 2 aromatic rings. The topological polar surface area (TPSA) is 179 Å². The molecule has 0 spiro atoms. The summed E-state index contributed by atoms with van der Waals surface area (Å²) >= 11 is 0. The van der Waals surface area contributed by atoms with Gasteiger partial charge >= 0.3 is 17.9 Å². The number of hydrogen-bond acceptors (Lipinski definition) is 9. The van der Waals surface area contributed by atoms with Crippen molar-refractivity contribution in [3.63, 3.8) is 0 Å². The number of carboxylic acids is 1. The van der Waals surface area contributed by atoms with E-state index in [9.17, 15) is 19.5 Å². The second-order valence-corrected chi connectivity index (χ2v) is 7.62. The highest BCUT2D eigenvalue weighted by atomic mass is 35.5. The summed E-state index contributed by atoms with van der Waals surface area (Å²) < 4.78 is 9.11. The summed E-state index contributed by atoms with van der Waals surface area (Å²) in [6.45, 7) is 8.44. The third kappa shape index (κ3) is 24.7. The van der Waals surface area contributed by atoms with Crippen molar-refractivity contribution in [2.45, 2.75) is 65.8 Å². The minimum absolute atomic E-state index is 0. The Morgan fingerprint density at radius 1 is 0.684 bits per heavy atom. The van der Waals surface area contributed by atoms with E-state index in [1.807, 2.05) is 67.6 Å². The molecule has 0 aliphatic heterocycles. The molecule has 0 radical (unpaired) electrons. The maximum Gasteiger partial charge on any atom is 0.310 e. The SMILES string of the molecule is CC(=O)O.CC(=O)OC(C)=O.CC(=O)OC(c1ccccc1)C(C)N.CC(N)C(O)c1ccccc1.Cl.Cl. The van der Waals surface area contributed by atoms with Crippen molar-refractivity contribution in [2.75, 3.05) is 0 Å². The lowest BCUT2D eigenvalue weighted by Gasteiger charge is -2.20. The van der Waals surface area contributed by atoms with Crippen molar-refractivity contribution < 1.29 is 38.9 Å². The number of halogens is 2. The fourth-order valence-electron chi connectivity index (χ4n) is 2.46. The number of carbonyl (C=O) groups is 4. The van der Waals surface area contributed by atoms with Crippen molar-refractivity contribution in [3.05, 3.63) is 71.8 Å². The van der Waals surface area contributed by atoms with E-state index in [2.05, 4.69) is 4.74 Å². The summed E-state index contributed by atoms with van der Waals surface area (Å²) in [6.07, 6.45) is -0.898. The van der Waals surface area contributed by atoms with E-state index in [0.29, 0.717) is 0 Å². The lowest BCUT2D eigenvalue weighted by molar-refractivity contribution is -0.156. The maximum atomic E-state index is 10.9. The van der Waals surface area contributed by atoms with Crippen LogP contribution in [-0.2, 0) is 28.7 Å². The van der Waals surface area contributed by atoms with E-state index >= 15 is 0 Å². The highest BCUT2D eigenvalue weighted by Crippen LogP contribution is 2.19. The zero-order valence-electron chi connectivity index (χ0n) is 22.4. The molecule has 0 aliphatic rings. The number of carbonyl (C=O) groups excluding carboxylic acids is 3. The second-order valence-electron chi connectivity index (χ2n) is 7.62. The molecule has 216 valence electrons. The van der Waals surface area contributed by atoms with Crippen LogP contribution in [0.1, 0.15) is 64.9 Å². The molecule has 2 rings (SSSR count). The summed E-state index contributed by atoms with van der Waals surface area (Å²) in [5, 5.41) is 16.9. The first-order valence-electron chi connectivity index (χ1n) is 11.0. The van der Waals surface area contributed by atoms with Gasteiger partial charge in [-0.25, -0.2) is 0 Å². The first-order chi connectivity index (χ1) is 16.7. The predicted molar refractivity (Wildman–Crippen MR) is 150 cm³/mol. The molecule has 0 saturated heterocycles. The minimum atomic E-state index is -0.833. The quantitative estimate of drug-likeness (QED) is 0.301. The van der Waals surface area contributed by atoms with Crippen LogP contribution >= 0.6 is 24.8 Å². The maximum absolute atomic E-state index is 10.9. The van der Waals surface area contributed by atoms with Gasteiger partial charge in [0.1, 0.15) is 6.10 Å². The van der Waals surface area contributed by atoms with E-state index in [1.165, 1.54) is 20.8 Å². The zero-order chi connectivity index (χ0) is 28.3. The van der Waals surface area contributed by atoms with E-state index in [-0.39, 0.29) is 49.0 Å². The van der Waals surface area contributed by atoms with Gasteiger partial charge in [0.15, 0.2) is 0 Å². The van der Waals surface area contributed by atoms with Crippen LogP contribution in [0, 0.1) is 0 Å². The number of aliphatic carboxylic acids is 1. The van der Waals surface area contributed by atoms with Crippen molar-refractivity contribution in [1.29, 1.82) is 0 Å². The fourth-order valence-corrected chi connectivity index (χ4v) is 2.46. The number of benzene rings is 2. The number of aliphatic hydroxyl groups is 1. The molecule has 0 aliphatic carbocycles. The Kier molecular flexibility index (Phi) is 26.9. The second kappa shape index (κ2) is 24.3. The Hall–Kier alpha value is -3.02. The molecule has 0 saturated carbocycles. The standard InChI is InChI=1S/C11H15NO2.C9H13NO.C4H6O3.C2H4O2.2ClH/c1-8(12)11(14-9(2)13)10-6-4-3-5-7-10;1-7(10)9(11)8-5-3-2-4-6-8;1-3(5)7-4(2)6;1-2(3)4;;/h3-8,11H,12H2,1-2H3;2-7,9,11H,10H2,1H3;1-2H3;1H3,(H,3,4);2*1H. The summed E-state index contributed by atoms with van der Waals surface area (Å²) in [5.41, 5.74) is 13.1. The molecule has 38 heavy (non-hydrogen) atoms. The van der Waals surface area contributed by atoms with Crippen LogP contribution in [0.3, 0.4) is 0 Å². The molecule has 4 atom stereocenters. The van der Waals surface area contributed by atoms with Crippen LogP contribution in [-0.4, -0.2) is 46.2 Å². The van der Waals surface area contributed by atoms with Gasteiger partial charge < -0.3 is 31.2 Å². The molecule has 2 aromatic carbocycles. The van der Waals surface area contributed by atoms with Crippen molar-refractivity contribution >= 4 is 48.7 Å². The molecule has 10 nitrogen and oxygen atoms in total. The van der Waals surface area contributed by atoms with E-state index in [1.54, 1.807) is 6.92 Å². The summed E-state index contributed by atoms with van der Waals surface area (Å²) in [4.78, 5) is 39.5. The third-order valence-corrected chi connectivity index (χ3v) is 3.83. The number of rotatable bonds is 5. The largest absolute Gasteiger partial charge is 0.481 e. The van der Waals surface area contributed by atoms with Gasteiger partial charge in [-0.3, -0.25) is 19.2 Å². The Balaban J connectivity index is -0.000000216. The lowest BCUT2D eigenvalue weighted by Crippen LogP contribution is -2.28. The predicted octanol–water partition coefficient (Wildman–Crippen LogP) is 3.74. The molecule has 0 aromatic heterocycles. The molecule has 4 unspecified atom stereocenters. The molecule has 12 heteroatoms. The van der Waals surface area contributed by atoms with E-state index in [4.69, 9.17) is 26.1 Å². The van der Waals surface area contributed by atoms with Gasteiger partial charge in [-0.2, -0.15) is 0 Å². The van der Waals surface area contributed by atoms with Gasteiger partial charge in [0, 0.05) is 39.8 Å². The summed E-state index contributed by atoms with van der Waals surface area (Å²) in [6, 6.07) is 18.5. The van der Waals surface area contributed by atoms with Crippen LogP contribution in [0.25, 0.3) is 0 Å². The van der Waals surface area contributed by atoms with Crippen LogP contribution in [0.2, 0.25) is 0 Å². The minimum Gasteiger partial charge on any atom is -0.481 e. The zero-order valence-corrected chi connectivity index (χ0v) is 24.0. The normalized spacial score (nSPS) is 12.0. The number of carboxylic acid groups (broad SMARTS) is 1. The Labute approximate surface area is 236 Å². The third-order valence-electron chi connectivity index (χ3n) is 3.83. The highest BCUT2D eigenvalue weighted by molar-refractivity contribution is 5.85. The monoisotopic (exact) mass is 578 g/mol. The van der Waals surface area contributed by atoms with Gasteiger partial charge in [-0.1, -0.05) is 60.7 Å². The molecule has 0 amide bonds. The van der Waals surface area contributed by atoms with Crippen molar-refractivity contribution in [1.82, 2.24) is 0 Å². The van der Waals surface area contributed by atoms with Crippen LogP contribution in [0.15, 0.2) is 60.7 Å². The molecular weight excluding hydrogens is 539 g/mol. The number of aliphatic hydroxyl groups excluding tert-OH is 1. The molecule has 0 bridgehead atoms. The first-order valence-corrected chi connectivity index (χ1v) is 11.0. The average molecular weight is 580 g/mol. The van der Waals surface area contributed by atoms with Crippen LogP contribution in [0.5, 0.6) is 0 Å². The average Bonchev–Trinajstić information content (AvgIpc) is 2.77. The number of hydrogen-bond donors (Lipinski definition) is 4. The fraction of sp³-hybridized carbons (Fsp3) is 0.385. The number of esters is 3. The van der Waals surface area contributed by atoms with Gasteiger partial charge in [0.2, 0.25) is 0 Å².